The topological polar surface area (TPSA) is 91.4 Å². The molecule has 0 atom stereocenters. The second-order valence-corrected chi connectivity index (χ2v) is 6.80. The molecule has 1 amide bonds. The van der Waals surface area contributed by atoms with Crippen molar-refractivity contribution in [2.24, 2.45) is 5.41 Å². The summed E-state index contributed by atoms with van der Waals surface area (Å²) in [5, 5.41) is 13.3. The quantitative estimate of drug-likeness (QED) is 0.751. The fourth-order valence-electron chi connectivity index (χ4n) is 3.73. The van der Waals surface area contributed by atoms with Gasteiger partial charge in [0.05, 0.1) is 18.9 Å². The van der Waals surface area contributed by atoms with E-state index < -0.39 is 11.4 Å². The molecule has 1 saturated carbocycles. The van der Waals surface area contributed by atoms with Crippen LogP contribution in [0.2, 0.25) is 0 Å². The molecule has 1 aromatic carbocycles. The molecule has 0 bridgehead atoms. The van der Waals surface area contributed by atoms with Crippen molar-refractivity contribution in [3.05, 3.63) is 30.0 Å². The zero-order valence-corrected chi connectivity index (χ0v) is 14.4. The molecule has 3 N–H and O–H groups in total. The lowest BCUT2D eigenvalue weighted by Crippen LogP contribution is -2.44. The molecule has 0 unspecified atom stereocenters. The first-order valence-electron chi connectivity index (χ1n) is 8.69. The fourth-order valence-corrected chi connectivity index (χ4v) is 3.73. The number of benzene rings is 1. The van der Waals surface area contributed by atoms with Gasteiger partial charge in [0.15, 0.2) is 0 Å². The van der Waals surface area contributed by atoms with Gasteiger partial charge in [-0.05, 0) is 30.5 Å². The molecule has 0 spiro atoms. The molecule has 2 aromatic rings. The fraction of sp³-hybridized carbons (Fsp3) is 0.474. The molecule has 1 aromatic heterocycles. The molecule has 0 aliphatic heterocycles. The molecule has 1 aliphatic rings. The van der Waals surface area contributed by atoms with Gasteiger partial charge >= 0.3 is 5.97 Å². The van der Waals surface area contributed by atoms with Gasteiger partial charge in [-0.1, -0.05) is 25.3 Å². The van der Waals surface area contributed by atoms with E-state index >= 15 is 0 Å². The van der Waals surface area contributed by atoms with Crippen LogP contribution in [0.1, 0.15) is 37.7 Å². The van der Waals surface area contributed by atoms with Crippen LogP contribution in [0.3, 0.4) is 0 Å². The van der Waals surface area contributed by atoms with Crippen LogP contribution >= 0.6 is 0 Å². The Balaban J connectivity index is 1.70. The maximum atomic E-state index is 12.4. The standard InChI is InChI=1S/C19H24N2O4/c1-25-15-7-5-6-14-17(15)13(11-20-14)10-16(22)21-12-19(18(23)24)8-3-2-4-9-19/h5-7,11,20H,2-4,8-10,12H2,1H3,(H,21,22)(H,23,24). The van der Waals surface area contributed by atoms with Crippen LogP contribution in [0, 0.1) is 5.41 Å². The maximum absolute atomic E-state index is 12.4. The predicted octanol–water partition coefficient (Wildman–Crippen LogP) is 2.87. The van der Waals surface area contributed by atoms with E-state index in [1.807, 2.05) is 18.2 Å². The van der Waals surface area contributed by atoms with Gasteiger partial charge in [0, 0.05) is 23.6 Å². The first-order valence-corrected chi connectivity index (χ1v) is 8.69. The molecular weight excluding hydrogens is 320 g/mol. The minimum absolute atomic E-state index is 0.169. The van der Waals surface area contributed by atoms with Gasteiger partial charge in [-0.2, -0.15) is 0 Å². The Bertz CT molecular complexity index is 775. The number of carbonyl (C=O) groups excluding carboxylic acids is 1. The van der Waals surface area contributed by atoms with Crippen LogP contribution in [0.25, 0.3) is 10.9 Å². The number of aromatic nitrogens is 1. The van der Waals surface area contributed by atoms with Gasteiger partial charge in [-0.25, -0.2) is 0 Å². The van der Waals surface area contributed by atoms with E-state index in [4.69, 9.17) is 4.74 Å². The van der Waals surface area contributed by atoms with Gasteiger partial charge in [-0.15, -0.1) is 0 Å². The van der Waals surface area contributed by atoms with E-state index in [0.717, 1.165) is 41.5 Å². The van der Waals surface area contributed by atoms with Crippen LogP contribution < -0.4 is 10.1 Å². The molecule has 0 radical (unpaired) electrons. The van der Waals surface area contributed by atoms with Crippen molar-refractivity contribution in [2.75, 3.05) is 13.7 Å². The Kier molecular flexibility index (Phi) is 4.97. The van der Waals surface area contributed by atoms with Crippen molar-refractivity contribution in [1.82, 2.24) is 10.3 Å². The van der Waals surface area contributed by atoms with Crippen LogP contribution in [0.5, 0.6) is 5.75 Å². The zero-order valence-electron chi connectivity index (χ0n) is 14.4. The molecular formula is C19H24N2O4. The summed E-state index contributed by atoms with van der Waals surface area (Å²) in [6.45, 7) is 0.195. The second-order valence-electron chi connectivity index (χ2n) is 6.80. The van der Waals surface area contributed by atoms with Crippen molar-refractivity contribution < 1.29 is 19.4 Å². The normalized spacial score (nSPS) is 16.5. The Morgan fingerprint density at radius 2 is 2.04 bits per heavy atom. The molecule has 6 heteroatoms. The summed E-state index contributed by atoms with van der Waals surface area (Å²) in [5.41, 5.74) is 0.945. The monoisotopic (exact) mass is 344 g/mol. The number of ether oxygens (including phenoxy) is 1. The van der Waals surface area contributed by atoms with E-state index in [2.05, 4.69) is 10.3 Å². The zero-order chi connectivity index (χ0) is 17.9. The first-order chi connectivity index (χ1) is 12.1. The average molecular weight is 344 g/mol. The van der Waals surface area contributed by atoms with E-state index in [1.54, 1.807) is 13.3 Å². The minimum Gasteiger partial charge on any atom is -0.496 e. The highest BCUT2D eigenvalue weighted by atomic mass is 16.5. The molecule has 1 fully saturated rings. The number of aliphatic carboxylic acids is 1. The van der Waals surface area contributed by atoms with Crippen molar-refractivity contribution in [2.45, 2.75) is 38.5 Å². The highest BCUT2D eigenvalue weighted by Crippen LogP contribution is 2.36. The number of amides is 1. The van der Waals surface area contributed by atoms with Gasteiger partial charge in [0.1, 0.15) is 5.75 Å². The van der Waals surface area contributed by atoms with Crippen LogP contribution in [-0.4, -0.2) is 35.6 Å². The number of aromatic amines is 1. The molecule has 134 valence electrons. The van der Waals surface area contributed by atoms with Crippen LogP contribution in [0.4, 0.5) is 0 Å². The lowest BCUT2D eigenvalue weighted by atomic mass is 9.74. The number of carbonyl (C=O) groups is 2. The van der Waals surface area contributed by atoms with Gasteiger partial charge < -0.3 is 20.1 Å². The highest BCUT2D eigenvalue weighted by molar-refractivity contribution is 5.93. The summed E-state index contributed by atoms with van der Waals surface area (Å²) >= 11 is 0. The second kappa shape index (κ2) is 7.17. The highest BCUT2D eigenvalue weighted by Gasteiger charge is 2.39. The van der Waals surface area contributed by atoms with Crippen molar-refractivity contribution >= 4 is 22.8 Å². The lowest BCUT2D eigenvalue weighted by molar-refractivity contribution is -0.151. The smallest absolute Gasteiger partial charge is 0.311 e. The minimum atomic E-state index is -0.814. The largest absolute Gasteiger partial charge is 0.496 e. The number of rotatable bonds is 6. The molecule has 0 saturated heterocycles. The van der Waals surface area contributed by atoms with Crippen molar-refractivity contribution in [3.63, 3.8) is 0 Å². The average Bonchev–Trinajstić information content (AvgIpc) is 3.03. The molecule has 3 rings (SSSR count). The predicted molar refractivity (Wildman–Crippen MR) is 94.7 cm³/mol. The number of hydrogen-bond acceptors (Lipinski definition) is 3. The Labute approximate surface area is 146 Å². The number of carboxylic acids is 1. The number of fused-ring (bicyclic) bond motifs is 1. The molecule has 1 heterocycles. The lowest BCUT2D eigenvalue weighted by Gasteiger charge is -2.33. The molecule has 25 heavy (non-hydrogen) atoms. The van der Waals surface area contributed by atoms with E-state index in [0.29, 0.717) is 12.8 Å². The van der Waals surface area contributed by atoms with Crippen LogP contribution in [0.15, 0.2) is 24.4 Å². The van der Waals surface area contributed by atoms with Gasteiger partial charge in [0.2, 0.25) is 5.91 Å². The molecule has 1 aliphatic carbocycles. The number of carboxylic acid groups (broad SMARTS) is 1. The third-order valence-corrected chi connectivity index (χ3v) is 5.21. The van der Waals surface area contributed by atoms with E-state index in [1.165, 1.54) is 0 Å². The third-order valence-electron chi connectivity index (χ3n) is 5.21. The number of hydrogen-bond donors (Lipinski definition) is 3. The summed E-state index contributed by atoms with van der Waals surface area (Å²) in [4.78, 5) is 27.2. The number of nitrogens with one attached hydrogen (secondary N) is 2. The first kappa shape index (κ1) is 17.3. The summed E-state index contributed by atoms with van der Waals surface area (Å²) in [5.74, 6) is -0.255. The van der Waals surface area contributed by atoms with Crippen molar-refractivity contribution in [1.29, 1.82) is 0 Å². The number of H-pyrrole nitrogens is 1. The van der Waals surface area contributed by atoms with Gasteiger partial charge in [0.25, 0.3) is 0 Å². The summed E-state index contributed by atoms with van der Waals surface area (Å²) in [7, 11) is 1.60. The Morgan fingerprint density at radius 3 is 2.72 bits per heavy atom. The SMILES string of the molecule is COc1cccc2[nH]cc(CC(=O)NCC3(C(=O)O)CCCCC3)c12. The van der Waals surface area contributed by atoms with Crippen molar-refractivity contribution in [3.8, 4) is 5.75 Å². The summed E-state index contributed by atoms with van der Waals surface area (Å²) in [6.07, 6.45) is 6.13. The summed E-state index contributed by atoms with van der Waals surface area (Å²) < 4.78 is 5.38. The van der Waals surface area contributed by atoms with Gasteiger partial charge in [-0.3, -0.25) is 9.59 Å². The molecule has 6 nitrogen and oxygen atoms in total. The third kappa shape index (κ3) is 3.48. The maximum Gasteiger partial charge on any atom is 0.311 e. The number of methoxy groups -OCH3 is 1. The van der Waals surface area contributed by atoms with E-state index in [9.17, 15) is 14.7 Å². The van der Waals surface area contributed by atoms with Crippen LogP contribution in [-0.2, 0) is 16.0 Å². The summed E-state index contributed by atoms with van der Waals surface area (Å²) in [6, 6.07) is 5.68. The van der Waals surface area contributed by atoms with E-state index in [-0.39, 0.29) is 18.9 Å². The Morgan fingerprint density at radius 1 is 1.28 bits per heavy atom. The Hall–Kier alpha value is -2.50.